The number of nitrogens with two attached hydrogens (primary N) is 1. The highest BCUT2D eigenvalue weighted by Gasteiger charge is 2.39. The van der Waals surface area contributed by atoms with Crippen LogP contribution in [-0.4, -0.2) is 76.7 Å². The largest absolute Gasteiger partial charge is 0.447 e. The minimum Gasteiger partial charge on any atom is -0.447 e. The van der Waals surface area contributed by atoms with Gasteiger partial charge >= 0.3 is 12.3 Å². The van der Waals surface area contributed by atoms with Crippen LogP contribution >= 0.6 is 0 Å². The van der Waals surface area contributed by atoms with E-state index in [9.17, 15) is 23.1 Å². The lowest BCUT2D eigenvalue weighted by molar-refractivity contribution is -0.140. The molecule has 0 aliphatic carbocycles. The Bertz CT molecular complexity index is 985. The van der Waals surface area contributed by atoms with Gasteiger partial charge in [0, 0.05) is 30.9 Å². The van der Waals surface area contributed by atoms with Gasteiger partial charge in [0.2, 0.25) is 11.9 Å². The third kappa shape index (κ3) is 4.16. The number of rotatable bonds is 4. The number of aromatic nitrogens is 4. The summed E-state index contributed by atoms with van der Waals surface area (Å²) >= 11 is 0. The average molecular weight is 441 g/mol. The lowest BCUT2D eigenvalue weighted by Crippen LogP contribution is -2.39. The van der Waals surface area contributed by atoms with Crippen molar-refractivity contribution in [2.75, 3.05) is 55.1 Å². The van der Waals surface area contributed by atoms with Gasteiger partial charge < -0.3 is 25.2 Å². The van der Waals surface area contributed by atoms with E-state index in [2.05, 4.69) is 19.9 Å². The number of anilines is 3. The summed E-state index contributed by atoms with van der Waals surface area (Å²) in [5.41, 5.74) is 3.51. The predicted octanol–water partition coefficient (Wildman–Crippen LogP) is 0.689. The number of nitrogens with zero attached hydrogens (tertiary/aromatic N) is 6. The van der Waals surface area contributed by atoms with Crippen molar-refractivity contribution in [3.63, 3.8) is 0 Å². The van der Waals surface area contributed by atoms with Crippen molar-refractivity contribution in [1.82, 2.24) is 19.9 Å². The molecular formula is C17H18F3N7O4. The maximum atomic E-state index is 13.6. The first-order chi connectivity index (χ1) is 14.8. The molecule has 0 radical (unpaired) electrons. The van der Waals surface area contributed by atoms with E-state index in [1.807, 2.05) is 0 Å². The molecule has 2 aliphatic rings. The molecule has 2 aliphatic heterocycles. The molecule has 0 aromatic carbocycles. The molecule has 0 saturated carbocycles. The quantitative estimate of drug-likeness (QED) is 0.696. The standard InChI is InChI=1S/C17H18F3N7O4/c18-17(19,20)13-10(6-22-14(21)25-13)11-5-12(26-1-3-30-4-2-26)24-15(23-11)27-9(7-28)8-31-16(27)29/h5-6,9,28H,1-4,7-8H2,(H2,21,22,25)/t9-/m0/s1. The fraction of sp³-hybridized carbons (Fsp3) is 0.471. The molecule has 2 fully saturated rings. The number of alkyl halides is 3. The maximum Gasteiger partial charge on any atom is 0.434 e. The van der Waals surface area contributed by atoms with Crippen LogP contribution in [0.1, 0.15) is 5.69 Å². The van der Waals surface area contributed by atoms with Crippen molar-refractivity contribution in [2.45, 2.75) is 12.2 Å². The summed E-state index contributed by atoms with van der Waals surface area (Å²) in [5.74, 6) is -0.461. The van der Waals surface area contributed by atoms with Crippen LogP contribution in [0.2, 0.25) is 0 Å². The molecule has 1 atom stereocenters. The molecule has 3 N–H and O–H groups in total. The Hall–Kier alpha value is -3.26. The highest BCUT2D eigenvalue weighted by atomic mass is 19.4. The molecule has 0 unspecified atom stereocenters. The van der Waals surface area contributed by atoms with Crippen molar-refractivity contribution in [1.29, 1.82) is 0 Å². The van der Waals surface area contributed by atoms with Crippen LogP contribution in [0.3, 0.4) is 0 Å². The summed E-state index contributed by atoms with van der Waals surface area (Å²) < 4.78 is 51.1. The van der Waals surface area contributed by atoms with Crippen molar-refractivity contribution < 1.29 is 32.5 Å². The highest BCUT2D eigenvalue weighted by molar-refractivity contribution is 5.88. The number of morpholine rings is 1. The van der Waals surface area contributed by atoms with E-state index in [0.717, 1.165) is 11.1 Å². The summed E-state index contributed by atoms with van der Waals surface area (Å²) in [6.07, 6.45) is -4.71. The minimum absolute atomic E-state index is 0.103. The number of amides is 1. The SMILES string of the molecule is Nc1ncc(-c2cc(N3CCOCC3)nc(N3C(=O)OC[C@@H]3CO)n2)c(C(F)(F)F)n1. The molecule has 0 spiro atoms. The van der Waals surface area contributed by atoms with Gasteiger partial charge in [-0.05, 0) is 0 Å². The monoisotopic (exact) mass is 441 g/mol. The van der Waals surface area contributed by atoms with Crippen molar-refractivity contribution in [2.24, 2.45) is 0 Å². The predicted molar refractivity (Wildman–Crippen MR) is 100 cm³/mol. The van der Waals surface area contributed by atoms with Gasteiger partial charge in [0.15, 0.2) is 5.69 Å². The second kappa shape index (κ2) is 8.11. The zero-order valence-electron chi connectivity index (χ0n) is 16.0. The molecule has 166 valence electrons. The molecule has 4 rings (SSSR count). The summed E-state index contributed by atoms with van der Waals surface area (Å²) in [5, 5.41) is 9.56. The van der Waals surface area contributed by atoms with Gasteiger partial charge in [-0.3, -0.25) is 0 Å². The Morgan fingerprint density at radius 3 is 2.65 bits per heavy atom. The fourth-order valence-corrected chi connectivity index (χ4v) is 3.26. The molecule has 2 aromatic rings. The van der Waals surface area contributed by atoms with E-state index in [1.54, 1.807) is 4.90 Å². The Morgan fingerprint density at radius 2 is 1.97 bits per heavy atom. The van der Waals surface area contributed by atoms with Gasteiger partial charge in [-0.1, -0.05) is 0 Å². The van der Waals surface area contributed by atoms with Crippen LogP contribution in [0.4, 0.5) is 35.7 Å². The van der Waals surface area contributed by atoms with Crippen molar-refractivity contribution in [3.8, 4) is 11.3 Å². The topological polar surface area (TPSA) is 140 Å². The van der Waals surface area contributed by atoms with Gasteiger partial charge in [0.25, 0.3) is 0 Å². The van der Waals surface area contributed by atoms with Crippen LogP contribution in [-0.2, 0) is 15.7 Å². The van der Waals surface area contributed by atoms with Crippen molar-refractivity contribution in [3.05, 3.63) is 18.0 Å². The van der Waals surface area contributed by atoms with E-state index in [0.29, 0.717) is 26.3 Å². The zero-order valence-corrected chi connectivity index (χ0v) is 16.0. The number of carbonyl (C=O) groups is 1. The number of halogens is 3. The smallest absolute Gasteiger partial charge is 0.434 e. The lowest BCUT2D eigenvalue weighted by Gasteiger charge is -2.29. The molecule has 31 heavy (non-hydrogen) atoms. The molecule has 2 saturated heterocycles. The summed E-state index contributed by atoms with van der Waals surface area (Å²) in [7, 11) is 0. The number of cyclic esters (lactones) is 1. The van der Waals surface area contributed by atoms with Crippen LogP contribution < -0.4 is 15.5 Å². The Labute approximate surface area is 173 Å². The molecule has 14 heteroatoms. The first-order valence-electron chi connectivity index (χ1n) is 9.26. The number of aliphatic hydroxyl groups is 1. The Morgan fingerprint density at radius 1 is 1.23 bits per heavy atom. The van der Waals surface area contributed by atoms with E-state index >= 15 is 0 Å². The lowest BCUT2D eigenvalue weighted by atomic mass is 10.1. The Kier molecular flexibility index (Phi) is 5.49. The van der Waals surface area contributed by atoms with Crippen molar-refractivity contribution >= 4 is 23.8 Å². The van der Waals surface area contributed by atoms with Crippen LogP contribution in [0, 0.1) is 0 Å². The molecule has 0 bridgehead atoms. The average Bonchev–Trinajstić information content (AvgIpc) is 3.14. The highest BCUT2D eigenvalue weighted by Crippen LogP contribution is 2.37. The van der Waals surface area contributed by atoms with E-state index in [1.165, 1.54) is 6.07 Å². The second-order valence-electron chi connectivity index (χ2n) is 6.78. The van der Waals surface area contributed by atoms with E-state index in [4.69, 9.17) is 15.2 Å². The van der Waals surface area contributed by atoms with Gasteiger partial charge in [-0.15, -0.1) is 0 Å². The van der Waals surface area contributed by atoms with Crippen LogP contribution in [0.5, 0.6) is 0 Å². The second-order valence-corrected chi connectivity index (χ2v) is 6.78. The number of hydrogen-bond acceptors (Lipinski definition) is 10. The normalized spacial score (nSPS) is 19.6. The molecular weight excluding hydrogens is 423 g/mol. The summed E-state index contributed by atoms with van der Waals surface area (Å²) in [6, 6.07) is 0.582. The molecule has 1 amide bonds. The van der Waals surface area contributed by atoms with Crippen LogP contribution in [0.15, 0.2) is 12.3 Å². The van der Waals surface area contributed by atoms with Crippen LogP contribution in [0.25, 0.3) is 11.3 Å². The third-order valence-corrected chi connectivity index (χ3v) is 4.78. The zero-order chi connectivity index (χ0) is 22.2. The first kappa shape index (κ1) is 21.0. The number of hydrogen-bond donors (Lipinski definition) is 2. The van der Waals surface area contributed by atoms with Gasteiger partial charge in [-0.2, -0.15) is 18.2 Å². The third-order valence-electron chi connectivity index (χ3n) is 4.78. The fourth-order valence-electron chi connectivity index (χ4n) is 3.26. The Balaban J connectivity index is 1.88. The maximum absolute atomic E-state index is 13.6. The summed E-state index contributed by atoms with van der Waals surface area (Å²) in [4.78, 5) is 30.5. The number of carbonyl (C=O) groups excluding carboxylic acids is 1. The van der Waals surface area contributed by atoms with E-state index < -0.39 is 42.1 Å². The van der Waals surface area contributed by atoms with Gasteiger partial charge in [0.05, 0.1) is 25.5 Å². The molecule has 2 aromatic heterocycles. The number of ether oxygens (including phenoxy) is 2. The summed E-state index contributed by atoms with van der Waals surface area (Å²) in [6.45, 7) is 1.14. The van der Waals surface area contributed by atoms with E-state index in [-0.39, 0.29) is 24.1 Å². The molecule has 4 heterocycles. The van der Waals surface area contributed by atoms with Gasteiger partial charge in [-0.25, -0.2) is 24.6 Å². The molecule has 11 nitrogen and oxygen atoms in total. The minimum atomic E-state index is -4.82. The first-order valence-corrected chi connectivity index (χ1v) is 9.26. The number of nitrogen functional groups attached to an aromatic ring is 1. The van der Waals surface area contributed by atoms with Gasteiger partial charge in [0.1, 0.15) is 18.5 Å². The number of aliphatic hydroxyl groups excluding tert-OH is 1.